The molecule has 1 aliphatic rings. The monoisotopic (exact) mass is 460 g/mol. The summed E-state index contributed by atoms with van der Waals surface area (Å²) < 4.78 is 11.9. The highest BCUT2D eigenvalue weighted by Gasteiger charge is 2.44. The van der Waals surface area contributed by atoms with Gasteiger partial charge in [-0.05, 0) is 47.5 Å². The van der Waals surface area contributed by atoms with Crippen LogP contribution in [0.5, 0.6) is 5.75 Å². The van der Waals surface area contributed by atoms with Crippen molar-refractivity contribution in [1.82, 2.24) is 4.98 Å². The number of rotatable bonds is 5. The molecule has 0 saturated heterocycles. The second kappa shape index (κ2) is 8.57. The molecule has 1 atom stereocenters. The molecule has 170 valence electrons. The number of nitrogens with zero attached hydrogens (tertiary/aromatic N) is 2. The molecule has 0 fully saturated rings. The lowest BCUT2D eigenvalue weighted by atomic mass is 9.98. The highest BCUT2D eigenvalue weighted by Crippen LogP contribution is 2.40. The molecule has 35 heavy (non-hydrogen) atoms. The van der Waals surface area contributed by atoms with Gasteiger partial charge in [-0.1, -0.05) is 60.7 Å². The molecule has 6 nitrogen and oxygen atoms in total. The van der Waals surface area contributed by atoms with E-state index in [4.69, 9.17) is 9.15 Å². The van der Waals surface area contributed by atoms with Crippen LogP contribution in [0.3, 0.4) is 0 Å². The minimum Gasteiger partial charge on any atom is -0.489 e. The highest BCUT2D eigenvalue weighted by molar-refractivity contribution is 6.10. The Balaban J connectivity index is 1.43. The number of pyridine rings is 1. The van der Waals surface area contributed by atoms with Gasteiger partial charge in [0.05, 0.1) is 17.0 Å². The van der Waals surface area contributed by atoms with E-state index in [0.717, 1.165) is 11.1 Å². The fraction of sp³-hybridized carbons (Fsp3) is 0.0690. The molecule has 3 heterocycles. The largest absolute Gasteiger partial charge is 0.489 e. The summed E-state index contributed by atoms with van der Waals surface area (Å²) in [6.07, 6.45) is 1.62. The number of carbonyl (C=O) groups is 1. The standard InChI is InChI=1S/C29H20N2O4/c32-27-22-10-4-5-11-23(22)35-28-25(27)26(31(29(28)33)24-12-6-7-17-30-24)20-13-15-21(16-14-20)34-18-19-8-2-1-3-9-19/h1-17,26H,18H2/t26-/m1/s1. The lowest BCUT2D eigenvalue weighted by Gasteiger charge is -2.24. The lowest BCUT2D eigenvalue weighted by Crippen LogP contribution is -2.30. The van der Waals surface area contributed by atoms with Crippen molar-refractivity contribution in [3.63, 3.8) is 0 Å². The van der Waals surface area contributed by atoms with Crippen LogP contribution in [-0.4, -0.2) is 10.9 Å². The van der Waals surface area contributed by atoms with Gasteiger partial charge in [-0.3, -0.25) is 14.5 Å². The number of amides is 1. The van der Waals surface area contributed by atoms with Crippen molar-refractivity contribution in [2.45, 2.75) is 12.6 Å². The highest BCUT2D eigenvalue weighted by atomic mass is 16.5. The summed E-state index contributed by atoms with van der Waals surface area (Å²) in [6.45, 7) is 0.445. The first-order valence-electron chi connectivity index (χ1n) is 11.3. The molecule has 0 radical (unpaired) electrons. The second-order valence-electron chi connectivity index (χ2n) is 8.28. The van der Waals surface area contributed by atoms with Crippen LogP contribution < -0.4 is 15.1 Å². The molecular weight excluding hydrogens is 440 g/mol. The first kappa shape index (κ1) is 20.9. The van der Waals surface area contributed by atoms with Gasteiger partial charge >= 0.3 is 0 Å². The van der Waals surface area contributed by atoms with Crippen LogP contribution in [0.2, 0.25) is 0 Å². The Labute approximate surface area is 201 Å². The minimum atomic E-state index is -0.670. The molecule has 0 unspecified atom stereocenters. The van der Waals surface area contributed by atoms with E-state index < -0.39 is 11.9 Å². The summed E-state index contributed by atoms with van der Waals surface area (Å²) in [5.74, 6) is 0.795. The molecular formula is C29H20N2O4. The maximum atomic E-state index is 13.6. The Bertz CT molecular complexity index is 1580. The van der Waals surface area contributed by atoms with Crippen LogP contribution >= 0.6 is 0 Å². The van der Waals surface area contributed by atoms with Gasteiger partial charge in [0.1, 0.15) is 23.8 Å². The van der Waals surface area contributed by atoms with Crippen molar-refractivity contribution in [3.05, 3.63) is 136 Å². The van der Waals surface area contributed by atoms with Gasteiger partial charge < -0.3 is 9.15 Å². The third-order valence-electron chi connectivity index (χ3n) is 6.12. The van der Waals surface area contributed by atoms with Crippen LogP contribution in [0.4, 0.5) is 5.82 Å². The Hall–Kier alpha value is -4.71. The number of hydrogen-bond donors (Lipinski definition) is 0. The number of benzene rings is 3. The van der Waals surface area contributed by atoms with Crippen LogP contribution in [0.1, 0.15) is 33.3 Å². The van der Waals surface area contributed by atoms with E-state index in [2.05, 4.69) is 4.98 Å². The number of hydrogen-bond acceptors (Lipinski definition) is 5. The van der Waals surface area contributed by atoms with E-state index in [1.807, 2.05) is 60.7 Å². The first-order valence-corrected chi connectivity index (χ1v) is 11.3. The fourth-order valence-electron chi connectivity index (χ4n) is 4.45. The van der Waals surface area contributed by atoms with Gasteiger partial charge in [0.2, 0.25) is 5.76 Å². The zero-order valence-corrected chi connectivity index (χ0v) is 18.6. The number of para-hydroxylation sites is 1. The molecule has 6 rings (SSSR count). The van der Waals surface area contributed by atoms with Gasteiger partial charge in [0.25, 0.3) is 5.91 Å². The zero-order valence-electron chi connectivity index (χ0n) is 18.6. The van der Waals surface area contributed by atoms with Crippen molar-refractivity contribution in [2.75, 3.05) is 4.90 Å². The Morgan fingerprint density at radius 1 is 0.829 bits per heavy atom. The number of carbonyl (C=O) groups excluding carboxylic acids is 1. The first-order chi connectivity index (χ1) is 17.2. The minimum absolute atomic E-state index is 0.0498. The van der Waals surface area contributed by atoms with Crippen molar-refractivity contribution < 1.29 is 13.9 Å². The summed E-state index contributed by atoms with van der Waals surface area (Å²) in [5, 5.41) is 0.440. The van der Waals surface area contributed by atoms with Gasteiger partial charge in [0, 0.05) is 6.20 Å². The fourth-order valence-corrected chi connectivity index (χ4v) is 4.45. The average Bonchev–Trinajstić information content (AvgIpc) is 3.21. The summed E-state index contributed by atoms with van der Waals surface area (Å²) in [7, 11) is 0. The molecule has 0 bridgehead atoms. The van der Waals surface area contributed by atoms with Gasteiger partial charge in [-0.15, -0.1) is 0 Å². The topological polar surface area (TPSA) is 72.6 Å². The third-order valence-corrected chi connectivity index (χ3v) is 6.12. The molecule has 1 amide bonds. The van der Waals surface area contributed by atoms with Crippen LogP contribution in [-0.2, 0) is 6.61 Å². The van der Waals surface area contributed by atoms with E-state index >= 15 is 0 Å². The third kappa shape index (κ3) is 3.65. The van der Waals surface area contributed by atoms with Crippen molar-refractivity contribution in [1.29, 1.82) is 0 Å². The smallest absolute Gasteiger partial charge is 0.296 e. The molecule has 0 saturated carbocycles. The van der Waals surface area contributed by atoms with Crippen LogP contribution in [0, 0.1) is 0 Å². The van der Waals surface area contributed by atoms with Gasteiger partial charge in [-0.25, -0.2) is 4.98 Å². The molecule has 0 N–H and O–H groups in total. The van der Waals surface area contributed by atoms with Crippen molar-refractivity contribution >= 4 is 22.7 Å². The lowest BCUT2D eigenvalue weighted by molar-refractivity contribution is 0.0970. The number of fused-ring (bicyclic) bond motifs is 2. The maximum absolute atomic E-state index is 13.6. The number of ether oxygens (including phenoxy) is 1. The normalized spacial score (nSPS) is 14.8. The van der Waals surface area contributed by atoms with E-state index in [9.17, 15) is 9.59 Å². The molecule has 1 aliphatic heterocycles. The van der Waals surface area contributed by atoms with E-state index in [1.54, 1.807) is 42.6 Å². The molecule has 5 aromatic rings. The summed E-state index contributed by atoms with van der Waals surface area (Å²) >= 11 is 0. The molecule has 6 heteroatoms. The maximum Gasteiger partial charge on any atom is 0.296 e. The van der Waals surface area contributed by atoms with Gasteiger partial charge in [-0.2, -0.15) is 0 Å². The quantitative estimate of drug-likeness (QED) is 0.345. The summed E-state index contributed by atoms with van der Waals surface area (Å²) in [4.78, 5) is 33.0. The zero-order chi connectivity index (χ0) is 23.8. The molecule has 3 aromatic carbocycles. The van der Waals surface area contributed by atoms with Crippen molar-refractivity contribution in [3.8, 4) is 5.75 Å². The predicted molar refractivity (Wildman–Crippen MR) is 133 cm³/mol. The van der Waals surface area contributed by atoms with Crippen LogP contribution in [0.25, 0.3) is 11.0 Å². The SMILES string of the molecule is O=C1c2oc3ccccc3c(=O)c2[C@@H](c2ccc(OCc3ccccc3)cc2)N1c1ccccn1. The number of anilines is 1. The van der Waals surface area contributed by atoms with Gasteiger partial charge in [0.15, 0.2) is 5.43 Å². The number of aromatic nitrogens is 1. The van der Waals surface area contributed by atoms with Crippen LogP contribution in [0.15, 0.2) is 112 Å². The van der Waals surface area contributed by atoms with E-state index in [1.165, 1.54) is 4.90 Å². The van der Waals surface area contributed by atoms with E-state index in [-0.39, 0.29) is 11.2 Å². The summed E-state index contributed by atoms with van der Waals surface area (Å²) in [6, 6.07) is 29.0. The average molecular weight is 460 g/mol. The Kier molecular flexibility index (Phi) is 5.11. The summed E-state index contributed by atoms with van der Waals surface area (Å²) in [5.41, 5.74) is 2.31. The van der Waals surface area contributed by atoms with E-state index in [0.29, 0.717) is 34.7 Å². The van der Waals surface area contributed by atoms with Crippen molar-refractivity contribution in [2.24, 2.45) is 0 Å². The second-order valence-corrected chi connectivity index (χ2v) is 8.28. The molecule has 0 aliphatic carbocycles. The molecule has 0 spiro atoms. The Morgan fingerprint density at radius 2 is 1.57 bits per heavy atom. The predicted octanol–water partition coefficient (Wildman–Crippen LogP) is 5.52. The molecule has 2 aromatic heterocycles. The Morgan fingerprint density at radius 3 is 2.34 bits per heavy atom.